The number of carbonyl (C=O) groups is 2. The van der Waals surface area contributed by atoms with Crippen molar-refractivity contribution in [2.45, 2.75) is 26.7 Å². The maximum absolute atomic E-state index is 11.7. The molecule has 0 radical (unpaired) electrons. The summed E-state index contributed by atoms with van der Waals surface area (Å²) in [7, 11) is 0. The molecule has 0 bridgehead atoms. The zero-order valence-electron chi connectivity index (χ0n) is 10.7. The van der Waals surface area contributed by atoms with Gasteiger partial charge in [-0.2, -0.15) is 0 Å². The molecule has 4 heteroatoms. The van der Waals surface area contributed by atoms with Gasteiger partial charge in [0.25, 0.3) is 0 Å². The maximum atomic E-state index is 11.7. The Bertz CT molecular complexity index is 413. The highest BCUT2D eigenvalue weighted by molar-refractivity contribution is 5.98. The van der Waals surface area contributed by atoms with Gasteiger partial charge in [-0.3, -0.25) is 9.59 Å². The Morgan fingerprint density at radius 2 is 1.89 bits per heavy atom. The first kappa shape index (κ1) is 14.2. The van der Waals surface area contributed by atoms with Gasteiger partial charge < -0.3 is 9.84 Å². The zero-order valence-corrected chi connectivity index (χ0v) is 10.7. The van der Waals surface area contributed by atoms with Gasteiger partial charge >= 0.3 is 11.9 Å². The van der Waals surface area contributed by atoms with E-state index < -0.39 is 17.4 Å². The fraction of sp³-hybridized carbons (Fsp3) is 0.429. The van der Waals surface area contributed by atoms with Crippen LogP contribution in [-0.2, 0) is 20.7 Å². The molecule has 1 atom stereocenters. The Morgan fingerprint density at radius 1 is 1.28 bits per heavy atom. The molecule has 0 aromatic heterocycles. The molecule has 0 aliphatic rings. The summed E-state index contributed by atoms with van der Waals surface area (Å²) < 4.78 is 4.84. The first-order valence-electron chi connectivity index (χ1n) is 5.95. The highest BCUT2D eigenvalue weighted by Crippen LogP contribution is 2.26. The maximum Gasteiger partial charge on any atom is 0.323 e. The van der Waals surface area contributed by atoms with Gasteiger partial charge in [0.1, 0.15) is 0 Å². The second-order valence-corrected chi connectivity index (χ2v) is 4.34. The molecule has 0 saturated carbocycles. The van der Waals surface area contributed by atoms with Crippen LogP contribution in [0.5, 0.6) is 0 Å². The van der Waals surface area contributed by atoms with E-state index in [9.17, 15) is 14.7 Å². The molecule has 0 aliphatic carbocycles. The molecule has 0 saturated heterocycles. The van der Waals surface area contributed by atoms with Crippen LogP contribution in [0.3, 0.4) is 0 Å². The topological polar surface area (TPSA) is 63.6 Å². The largest absolute Gasteiger partial charge is 0.480 e. The molecule has 0 amide bonds. The molecule has 1 aromatic carbocycles. The molecular weight excluding hydrogens is 232 g/mol. The van der Waals surface area contributed by atoms with Crippen LogP contribution in [0.15, 0.2) is 30.3 Å². The van der Waals surface area contributed by atoms with Gasteiger partial charge in [0, 0.05) is 0 Å². The van der Waals surface area contributed by atoms with Gasteiger partial charge in [-0.1, -0.05) is 30.3 Å². The van der Waals surface area contributed by atoms with Crippen LogP contribution < -0.4 is 0 Å². The van der Waals surface area contributed by atoms with Crippen molar-refractivity contribution in [2.75, 3.05) is 6.61 Å². The van der Waals surface area contributed by atoms with Gasteiger partial charge in [-0.05, 0) is 32.3 Å². The Labute approximate surface area is 107 Å². The Balaban J connectivity index is 2.75. The zero-order chi connectivity index (χ0) is 13.6. The molecule has 0 spiro atoms. The number of aliphatic carboxylic acids is 1. The lowest BCUT2D eigenvalue weighted by Gasteiger charge is -2.22. The number of aryl methyl sites for hydroxylation is 1. The fourth-order valence-electron chi connectivity index (χ4n) is 1.63. The van der Waals surface area contributed by atoms with Crippen LogP contribution >= 0.6 is 0 Å². The van der Waals surface area contributed by atoms with Crippen molar-refractivity contribution in [3.8, 4) is 0 Å². The SMILES string of the molecule is CCOC(=O)C(C)(CCc1ccccc1)C(=O)O. The highest BCUT2D eigenvalue weighted by atomic mass is 16.5. The third-order valence-electron chi connectivity index (χ3n) is 2.95. The first-order chi connectivity index (χ1) is 8.50. The molecule has 1 rings (SSSR count). The third kappa shape index (κ3) is 3.32. The van der Waals surface area contributed by atoms with Crippen molar-refractivity contribution in [2.24, 2.45) is 5.41 Å². The molecule has 1 aromatic rings. The van der Waals surface area contributed by atoms with Crippen LogP contribution in [0.25, 0.3) is 0 Å². The quantitative estimate of drug-likeness (QED) is 0.621. The lowest BCUT2D eigenvalue weighted by Crippen LogP contribution is -2.38. The van der Waals surface area contributed by atoms with Crippen LogP contribution in [0, 0.1) is 5.41 Å². The summed E-state index contributed by atoms with van der Waals surface area (Å²) >= 11 is 0. The molecule has 0 fully saturated rings. The van der Waals surface area contributed by atoms with E-state index in [0.29, 0.717) is 6.42 Å². The molecule has 0 aliphatic heterocycles. The average Bonchev–Trinajstić information content (AvgIpc) is 2.37. The average molecular weight is 250 g/mol. The minimum atomic E-state index is -1.48. The lowest BCUT2D eigenvalue weighted by molar-refractivity contribution is -0.167. The number of ether oxygens (including phenoxy) is 1. The molecule has 1 unspecified atom stereocenters. The first-order valence-corrected chi connectivity index (χ1v) is 5.95. The van der Waals surface area contributed by atoms with E-state index in [2.05, 4.69) is 0 Å². The number of hydrogen-bond acceptors (Lipinski definition) is 3. The predicted octanol–water partition coefficient (Wildman–Crippen LogP) is 2.27. The molecular formula is C14H18O4. The second kappa shape index (κ2) is 6.19. The van der Waals surface area contributed by atoms with Crippen molar-refractivity contribution in [1.29, 1.82) is 0 Å². The summed E-state index contributed by atoms with van der Waals surface area (Å²) in [6, 6.07) is 9.49. The minimum Gasteiger partial charge on any atom is -0.480 e. The van der Waals surface area contributed by atoms with Crippen molar-refractivity contribution >= 4 is 11.9 Å². The van der Waals surface area contributed by atoms with Crippen molar-refractivity contribution in [3.05, 3.63) is 35.9 Å². The molecule has 1 N–H and O–H groups in total. The van der Waals surface area contributed by atoms with E-state index in [1.807, 2.05) is 30.3 Å². The van der Waals surface area contributed by atoms with Crippen LogP contribution in [-0.4, -0.2) is 23.7 Å². The van der Waals surface area contributed by atoms with Gasteiger partial charge in [-0.25, -0.2) is 0 Å². The summed E-state index contributed by atoms with van der Waals surface area (Å²) in [6.45, 7) is 3.26. The normalized spacial score (nSPS) is 13.7. The van der Waals surface area contributed by atoms with Crippen molar-refractivity contribution in [1.82, 2.24) is 0 Å². The van der Waals surface area contributed by atoms with E-state index >= 15 is 0 Å². The van der Waals surface area contributed by atoms with E-state index in [4.69, 9.17) is 4.74 Å². The number of esters is 1. The van der Waals surface area contributed by atoms with E-state index in [0.717, 1.165) is 5.56 Å². The van der Waals surface area contributed by atoms with Gasteiger partial charge in [0.05, 0.1) is 6.61 Å². The number of carbonyl (C=O) groups excluding carboxylic acids is 1. The number of hydrogen-bond donors (Lipinski definition) is 1. The van der Waals surface area contributed by atoms with Crippen LogP contribution in [0.4, 0.5) is 0 Å². The monoisotopic (exact) mass is 250 g/mol. The molecule has 18 heavy (non-hydrogen) atoms. The molecule has 98 valence electrons. The molecule has 4 nitrogen and oxygen atoms in total. The van der Waals surface area contributed by atoms with E-state index in [1.165, 1.54) is 6.92 Å². The van der Waals surface area contributed by atoms with E-state index in [1.54, 1.807) is 6.92 Å². The van der Waals surface area contributed by atoms with E-state index in [-0.39, 0.29) is 13.0 Å². The minimum absolute atomic E-state index is 0.188. The summed E-state index contributed by atoms with van der Waals surface area (Å²) in [4.78, 5) is 23.0. The number of benzene rings is 1. The number of rotatable bonds is 6. The summed E-state index contributed by atoms with van der Waals surface area (Å²) in [6.07, 6.45) is 0.758. The van der Waals surface area contributed by atoms with Gasteiger partial charge in [0.15, 0.2) is 5.41 Å². The van der Waals surface area contributed by atoms with Crippen molar-refractivity contribution < 1.29 is 19.4 Å². The second-order valence-electron chi connectivity index (χ2n) is 4.34. The van der Waals surface area contributed by atoms with Gasteiger partial charge in [-0.15, -0.1) is 0 Å². The third-order valence-corrected chi connectivity index (χ3v) is 2.95. The Kier molecular flexibility index (Phi) is 4.89. The Morgan fingerprint density at radius 3 is 2.39 bits per heavy atom. The highest BCUT2D eigenvalue weighted by Gasteiger charge is 2.42. The van der Waals surface area contributed by atoms with Crippen molar-refractivity contribution in [3.63, 3.8) is 0 Å². The van der Waals surface area contributed by atoms with Crippen LogP contribution in [0.2, 0.25) is 0 Å². The Hall–Kier alpha value is -1.84. The number of carboxylic acids is 1. The number of carboxylic acid groups (broad SMARTS) is 1. The smallest absolute Gasteiger partial charge is 0.323 e. The fourth-order valence-corrected chi connectivity index (χ4v) is 1.63. The summed E-state index contributed by atoms with van der Waals surface area (Å²) in [5.74, 6) is -1.81. The summed E-state index contributed by atoms with van der Waals surface area (Å²) in [5, 5.41) is 9.21. The lowest BCUT2D eigenvalue weighted by atomic mass is 9.84. The van der Waals surface area contributed by atoms with Gasteiger partial charge in [0.2, 0.25) is 0 Å². The van der Waals surface area contributed by atoms with Crippen LogP contribution in [0.1, 0.15) is 25.8 Å². The molecule has 0 heterocycles. The predicted molar refractivity (Wildman–Crippen MR) is 67.1 cm³/mol. The summed E-state index contributed by atoms with van der Waals surface area (Å²) in [5.41, 5.74) is -0.472. The standard InChI is InChI=1S/C14H18O4/c1-3-18-13(17)14(2,12(15)16)10-9-11-7-5-4-6-8-11/h4-8H,3,9-10H2,1-2H3,(H,15,16).